The summed E-state index contributed by atoms with van der Waals surface area (Å²) < 4.78 is 26.8. The zero-order valence-corrected chi connectivity index (χ0v) is 11.5. The molecule has 1 fully saturated rings. The summed E-state index contributed by atoms with van der Waals surface area (Å²) in [6.45, 7) is 0. The number of thioether (sulfide) groups is 1. The van der Waals surface area contributed by atoms with E-state index >= 15 is 0 Å². The van der Waals surface area contributed by atoms with E-state index in [1.54, 1.807) is 11.8 Å². The molecule has 0 aromatic carbocycles. The molecule has 0 aliphatic carbocycles. The molecule has 1 unspecified atom stereocenters. The summed E-state index contributed by atoms with van der Waals surface area (Å²) in [6, 6.07) is 2.83. The van der Waals surface area contributed by atoms with Crippen molar-refractivity contribution in [2.24, 2.45) is 0 Å². The van der Waals surface area contributed by atoms with E-state index in [0.29, 0.717) is 0 Å². The molecule has 1 saturated heterocycles. The predicted molar refractivity (Wildman–Crippen MR) is 69.9 cm³/mol. The van der Waals surface area contributed by atoms with Crippen molar-refractivity contribution in [2.45, 2.75) is 23.8 Å². The first kappa shape index (κ1) is 13.1. The van der Waals surface area contributed by atoms with Crippen LogP contribution in [0, 0.1) is 0 Å². The number of halogens is 1. The first-order valence-corrected chi connectivity index (χ1v) is 8.31. The van der Waals surface area contributed by atoms with E-state index in [2.05, 4.69) is 9.71 Å². The standard InChI is InChI=1S/C10H13ClN2O2S2/c11-10-6-9(3-4-12-10)17(14,15)13-8-2-1-5-16-7-8/h3-4,6,8,13H,1-2,5,7H2. The van der Waals surface area contributed by atoms with Crippen molar-refractivity contribution in [3.8, 4) is 0 Å². The van der Waals surface area contributed by atoms with Crippen LogP contribution in [0.25, 0.3) is 0 Å². The Kier molecular flexibility index (Phi) is 4.30. The first-order chi connectivity index (χ1) is 8.08. The van der Waals surface area contributed by atoms with Crippen LogP contribution in [0.1, 0.15) is 12.8 Å². The van der Waals surface area contributed by atoms with Crippen LogP contribution in [0.3, 0.4) is 0 Å². The van der Waals surface area contributed by atoms with Gasteiger partial charge in [0.15, 0.2) is 0 Å². The fourth-order valence-electron chi connectivity index (χ4n) is 1.67. The third kappa shape index (κ3) is 3.58. The Morgan fingerprint density at radius 3 is 3.00 bits per heavy atom. The van der Waals surface area contributed by atoms with Crippen molar-refractivity contribution in [3.05, 3.63) is 23.5 Å². The van der Waals surface area contributed by atoms with Crippen LogP contribution in [0.5, 0.6) is 0 Å². The predicted octanol–water partition coefficient (Wildman–Crippen LogP) is 1.91. The maximum atomic E-state index is 12.0. The van der Waals surface area contributed by atoms with Crippen LogP contribution in [0.15, 0.2) is 23.2 Å². The van der Waals surface area contributed by atoms with E-state index in [1.165, 1.54) is 18.3 Å². The number of rotatable bonds is 3. The van der Waals surface area contributed by atoms with Crippen molar-refractivity contribution < 1.29 is 8.42 Å². The van der Waals surface area contributed by atoms with Crippen molar-refractivity contribution in [2.75, 3.05) is 11.5 Å². The average molecular weight is 293 g/mol. The van der Waals surface area contributed by atoms with Gasteiger partial charge in [-0.1, -0.05) is 11.6 Å². The lowest BCUT2D eigenvalue weighted by Crippen LogP contribution is -2.38. The van der Waals surface area contributed by atoms with Gasteiger partial charge in [0.05, 0.1) is 4.90 Å². The SMILES string of the molecule is O=S(=O)(NC1CCCSC1)c1ccnc(Cl)c1. The van der Waals surface area contributed by atoms with Crippen molar-refractivity contribution in [1.82, 2.24) is 9.71 Å². The van der Waals surface area contributed by atoms with E-state index < -0.39 is 10.0 Å². The highest BCUT2D eigenvalue weighted by Gasteiger charge is 2.22. The number of hydrogen-bond acceptors (Lipinski definition) is 4. The van der Waals surface area contributed by atoms with Gasteiger partial charge in [0.25, 0.3) is 0 Å². The van der Waals surface area contributed by atoms with Crippen molar-refractivity contribution in [1.29, 1.82) is 0 Å². The Hall–Kier alpha value is -0.300. The Balaban J connectivity index is 2.13. The van der Waals surface area contributed by atoms with Gasteiger partial charge in [0, 0.05) is 18.0 Å². The molecule has 2 heterocycles. The maximum absolute atomic E-state index is 12.0. The quantitative estimate of drug-likeness (QED) is 0.865. The van der Waals surface area contributed by atoms with Gasteiger partial charge in [-0.3, -0.25) is 0 Å². The molecule has 1 aromatic rings. The molecule has 1 aromatic heterocycles. The fourth-order valence-corrected chi connectivity index (χ4v) is 4.37. The topological polar surface area (TPSA) is 59.1 Å². The molecule has 7 heteroatoms. The van der Waals surface area contributed by atoms with Gasteiger partial charge < -0.3 is 0 Å². The highest BCUT2D eigenvalue weighted by atomic mass is 35.5. The molecule has 94 valence electrons. The Labute approximate surface area is 110 Å². The molecular formula is C10H13ClN2O2S2. The number of aromatic nitrogens is 1. The molecule has 0 spiro atoms. The summed E-state index contributed by atoms with van der Waals surface area (Å²) >= 11 is 7.46. The van der Waals surface area contributed by atoms with E-state index in [1.807, 2.05) is 0 Å². The molecule has 0 bridgehead atoms. The zero-order valence-electron chi connectivity index (χ0n) is 9.10. The molecule has 1 aliphatic heterocycles. The van der Waals surface area contributed by atoms with Gasteiger partial charge in [-0.2, -0.15) is 11.8 Å². The zero-order chi connectivity index (χ0) is 12.3. The monoisotopic (exact) mass is 292 g/mol. The molecule has 1 aliphatic rings. The molecule has 17 heavy (non-hydrogen) atoms. The lowest BCUT2D eigenvalue weighted by atomic mass is 10.2. The molecule has 0 radical (unpaired) electrons. The minimum atomic E-state index is -3.47. The van der Waals surface area contributed by atoms with Gasteiger partial charge in [-0.15, -0.1) is 0 Å². The van der Waals surface area contributed by atoms with Gasteiger partial charge in [0.1, 0.15) is 5.15 Å². The second kappa shape index (κ2) is 5.56. The van der Waals surface area contributed by atoms with E-state index in [4.69, 9.17) is 11.6 Å². The molecule has 0 saturated carbocycles. The van der Waals surface area contributed by atoms with E-state index in [9.17, 15) is 8.42 Å². The van der Waals surface area contributed by atoms with Gasteiger partial charge in [-0.05, 0) is 30.7 Å². The van der Waals surface area contributed by atoms with Crippen LogP contribution in [-0.4, -0.2) is 30.9 Å². The third-order valence-electron chi connectivity index (χ3n) is 2.49. The third-order valence-corrected chi connectivity index (χ3v) is 5.43. The lowest BCUT2D eigenvalue weighted by Gasteiger charge is -2.22. The van der Waals surface area contributed by atoms with Crippen LogP contribution >= 0.6 is 23.4 Å². The van der Waals surface area contributed by atoms with Gasteiger partial charge >= 0.3 is 0 Å². The first-order valence-electron chi connectivity index (χ1n) is 5.29. The second-order valence-electron chi connectivity index (χ2n) is 3.85. The van der Waals surface area contributed by atoms with Crippen LogP contribution in [-0.2, 0) is 10.0 Å². The minimum Gasteiger partial charge on any atom is -0.244 e. The highest BCUT2D eigenvalue weighted by Crippen LogP contribution is 2.19. The van der Waals surface area contributed by atoms with Crippen LogP contribution in [0.2, 0.25) is 5.15 Å². The molecular weight excluding hydrogens is 280 g/mol. The van der Waals surface area contributed by atoms with Gasteiger partial charge in [0.2, 0.25) is 10.0 Å². The van der Waals surface area contributed by atoms with Crippen molar-refractivity contribution in [3.63, 3.8) is 0 Å². The van der Waals surface area contributed by atoms with E-state index in [0.717, 1.165) is 24.3 Å². The summed E-state index contributed by atoms with van der Waals surface area (Å²) in [5.74, 6) is 1.94. The largest absolute Gasteiger partial charge is 0.244 e. The smallest absolute Gasteiger partial charge is 0.241 e. The lowest BCUT2D eigenvalue weighted by molar-refractivity contribution is 0.543. The molecule has 0 amide bonds. The average Bonchev–Trinajstić information content (AvgIpc) is 2.30. The highest BCUT2D eigenvalue weighted by molar-refractivity contribution is 7.99. The summed E-state index contributed by atoms with van der Waals surface area (Å²) in [5, 5.41) is 0.186. The Morgan fingerprint density at radius 1 is 1.53 bits per heavy atom. The normalized spacial score (nSPS) is 21.4. The van der Waals surface area contributed by atoms with Gasteiger partial charge in [-0.25, -0.2) is 18.1 Å². The summed E-state index contributed by atoms with van der Waals surface area (Å²) in [6.07, 6.45) is 3.34. The molecule has 1 atom stereocenters. The molecule has 1 N–H and O–H groups in total. The minimum absolute atomic E-state index is 0.0192. The number of pyridine rings is 1. The number of nitrogens with one attached hydrogen (secondary N) is 1. The number of sulfonamides is 1. The number of nitrogens with zero attached hydrogens (tertiary/aromatic N) is 1. The summed E-state index contributed by atoms with van der Waals surface area (Å²) in [5.41, 5.74) is 0. The molecule has 4 nitrogen and oxygen atoms in total. The van der Waals surface area contributed by atoms with E-state index in [-0.39, 0.29) is 16.1 Å². The molecule has 2 rings (SSSR count). The fraction of sp³-hybridized carbons (Fsp3) is 0.500. The van der Waals surface area contributed by atoms with Crippen LogP contribution < -0.4 is 4.72 Å². The summed E-state index contributed by atoms with van der Waals surface area (Å²) in [4.78, 5) is 3.94. The number of hydrogen-bond donors (Lipinski definition) is 1. The second-order valence-corrected chi connectivity index (χ2v) is 7.10. The Morgan fingerprint density at radius 2 is 2.35 bits per heavy atom. The van der Waals surface area contributed by atoms with Crippen molar-refractivity contribution >= 4 is 33.4 Å². The van der Waals surface area contributed by atoms with Crippen LogP contribution in [0.4, 0.5) is 0 Å². The maximum Gasteiger partial charge on any atom is 0.241 e. The summed E-state index contributed by atoms with van der Waals surface area (Å²) in [7, 11) is -3.47. The Bertz CT molecular complexity index is 487.